The molecule has 1 aliphatic rings. The van der Waals surface area contributed by atoms with Gasteiger partial charge in [0.2, 0.25) is 0 Å². The fourth-order valence-electron chi connectivity index (χ4n) is 1.32. The van der Waals surface area contributed by atoms with Gasteiger partial charge in [-0.1, -0.05) is 29.8 Å². The summed E-state index contributed by atoms with van der Waals surface area (Å²) in [6.07, 6.45) is 0. The van der Waals surface area contributed by atoms with Crippen molar-refractivity contribution >= 4 is 5.84 Å². The van der Waals surface area contributed by atoms with Crippen LogP contribution in [0.3, 0.4) is 0 Å². The first-order valence-electron chi connectivity index (χ1n) is 4.68. The van der Waals surface area contributed by atoms with E-state index in [0.717, 1.165) is 11.4 Å². The van der Waals surface area contributed by atoms with Gasteiger partial charge in [-0.25, -0.2) is 15.3 Å². The molecule has 0 amide bonds. The fraction of sp³-hybridized carbons (Fsp3) is 0.364. The zero-order valence-corrected chi connectivity index (χ0v) is 8.66. The second-order valence-electron chi connectivity index (χ2n) is 3.98. The third-order valence-corrected chi connectivity index (χ3v) is 2.10. The number of aliphatic imine (C=N–C) groups is 1. The van der Waals surface area contributed by atoms with Crippen molar-refractivity contribution in [2.24, 2.45) is 4.99 Å². The van der Waals surface area contributed by atoms with E-state index in [2.05, 4.69) is 29.5 Å². The lowest BCUT2D eigenvalue weighted by molar-refractivity contribution is -0.0269. The molecule has 0 spiro atoms. The normalized spacial score (nSPS) is 18.9. The van der Waals surface area contributed by atoms with Crippen molar-refractivity contribution in [3.05, 3.63) is 35.4 Å². The number of hydrogen-bond acceptors (Lipinski definition) is 3. The molecule has 1 heterocycles. The van der Waals surface area contributed by atoms with Crippen LogP contribution in [-0.4, -0.2) is 11.6 Å². The standard InChI is InChI=1S/C11H14N2O/c1-8-4-6-9(7-5-8)10-12-11(2,3)14-13-10/h4-7H,1-3H3,(H,12,13). The van der Waals surface area contributed by atoms with Gasteiger partial charge in [0, 0.05) is 5.56 Å². The molecule has 0 aromatic heterocycles. The minimum atomic E-state index is -0.458. The first-order chi connectivity index (χ1) is 6.57. The molecule has 3 nitrogen and oxygen atoms in total. The molecule has 2 rings (SSSR count). The Balaban J connectivity index is 2.29. The van der Waals surface area contributed by atoms with E-state index in [0.29, 0.717) is 0 Å². The van der Waals surface area contributed by atoms with Crippen molar-refractivity contribution in [3.63, 3.8) is 0 Å². The highest BCUT2D eigenvalue weighted by atomic mass is 16.7. The molecular weight excluding hydrogens is 176 g/mol. The maximum absolute atomic E-state index is 5.28. The molecule has 0 aliphatic carbocycles. The van der Waals surface area contributed by atoms with Crippen molar-refractivity contribution in [1.29, 1.82) is 0 Å². The van der Waals surface area contributed by atoms with E-state index in [9.17, 15) is 0 Å². The van der Waals surface area contributed by atoms with Crippen LogP contribution >= 0.6 is 0 Å². The average molecular weight is 190 g/mol. The Morgan fingerprint density at radius 1 is 1.21 bits per heavy atom. The minimum Gasteiger partial charge on any atom is -0.246 e. The summed E-state index contributed by atoms with van der Waals surface area (Å²) in [7, 11) is 0. The van der Waals surface area contributed by atoms with E-state index >= 15 is 0 Å². The molecule has 0 unspecified atom stereocenters. The molecule has 0 radical (unpaired) electrons. The Hall–Kier alpha value is -1.35. The van der Waals surface area contributed by atoms with Gasteiger partial charge < -0.3 is 0 Å². The zero-order valence-electron chi connectivity index (χ0n) is 8.66. The zero-order chi connectivity index (χ0) is 10.2. The molecule has 1 aromatic rings. The summed E-state index contributed by atoms with van der Waals surface area (Å²) < 4.78 is 0. The van der Waals surface area contributed by atoms with Crippen molar-refractivity contribution < 1.29 is 4.84 Å². The SMILES string of the molecule is Cc1ccc(C2=NC(C)(C)ON2)cc1. The van der Waals surface area contributed by atoms with Gasteiger partial charge in [0.25, 0.3) is 0 Å². The van der Waals surface area contributed by atoms with Crippen molar-refractivity contribution in [2.75, 3.05) is 0 Å². The van der Waals surface area contributed by atoms with Crippen LogP contribution in [0, 0.1) is 6.92 Å². The van der Waals surface area contributed by atoms with Crippen molar-refractivity contribution in [3.8, 4) is 0 Å². The van der Waals surface area contributed by atoms with E-state index in [1.807, 2.05) is 26.0 Å². The van der Waals surface area contributed by atoms with E-state index in [4.69, 9.17) is 4.84 Å². The second-order valence-corrected chi connectivity index (χ2v) is 3.98. The smallest absolute Gasteiger partial charge is 0.182 e. The highest BCUT2D eigenvalue weighted by Gasteiger charge is 2.25. The minimum absolute atomic E-state index is 0.458. The highest BCUT2D eigenvalue weighted by Crippen LogP contribution is 2.17. The first kappa shape index (κ1) is 9.21. The van der Waals surface area contributed by atoms with Gasteiger partial charge in [0.1, 0.15) is 0 Å². The molecule has 0 atom stereocenters. The molecule has 1 aliphatic heterocycles. The number of hydroxylamine groups is 1. The predicted molar refractivity (Wildman–Crippen MR) is 56.0 cm³/mol. The summed E-state index contributed by atoms with van der Waals surface area (Å²) in [4.78, 5) is 9.69. The van der Waals surface area contributed by atoms with Gasteiger partial charge in [-0.05, 0) is 20.8 Å². The van der Waals surface area contributed by atoms with Crippen LogP contribution in [0.15, 0.2) is 29.3 Å². The summed E-state index contributed by atoms with van der Waals surface area (Å²) in [6, 6.07) is 8.19. The van der Waals surface area contributed by atoms with Gasteiger partial charge in [0.05, 0.1) is 0 Å². The number of nitrogens with one attached hydrogen (secondary N) is 1. The maximum Gasteiger partial charge on any atom is 0.182 e. The van der Waals surface area contributed by atoms with Gasteiger partial charge in [-0.2, -0.15) is 0 Å². The highest BCUT2D eigenvalue weighted by molar-refractivity contribution is 5.99. The maximum atomic E-state index is 5.28. The number of nitrogens with zero attached hydrogens (tertiary/aromatic N) is 1. The van der Waals surface area contributed by atoms with Crippen LogP contribution in [0.4, 0.5) is 0 Å². The molecule has 1 N–H and O–H groups in total. The number of aryl methyl sites for hydroxylation is 1. The van der Waals surface area contributed by atoms with Gasteiger partial charge >= 0.3 is 0 Å². The lowest BCUT2D eigenvalue weighted by Gasteiger charge is -2.09. The second kappa shape index (κ2) is 3.10. The van der Waals surface area contributed by atoms with Gasteiger partial charge in [-0.15, -0.1) is 0 Å². The van der Waals surface area contributed by atoms with Crippen LogP contribution in [-0.2, 0) is 4.84 Å². The van der Waals surface area contributed by atoms with Gasteiger partial charge in [-0.3, -0.25) is 0 Å². The summed E-state index contributed by atoms with van der Waals surface area (Å²) in [5, 5.41) is 0. The van der Waals surface area contributed by atoms with Crippen LogP contribution in [0.5, 0.6) is 0 Å². The summed E-state index contributed by atoms with van der Waals surface area (Å²) in [5.74, 6) is 0.801. The van der Waals surface area contributed by atoms with Crippen LogP contribution in [0.2, 0.25) is 0 Å². The number of amidine groups is 1. The fourth-order valence-corrected chi connectivity index (χ4v) is 1.32. The molecule has 0 saturated heterocycles. The molecule has 0 bridgehead atoms. The largest absolute Gasteiger partial charge is 0.246 e. The molecule has 1 aromatic carbocycles. The Kier molecular flexibility index (Phi) is 2.04. The van der Waals surface area contributed by atoms with Crippen LogP contribution in [0.25, 0.3) is 0 Å². The third kappa shape index (κ3) is 1.77. The Labute approximate surface area is 83.8 Å². The lowest BCUT2D eigenvalue weighted by atomic mass is 10.1. The lowest BCUT2D eigenvalue weighted by Crippen LogP contribution is -2.23. The molecule has 3 heteroatoms. The van der Waals surface area contributed by atoms with E-state index in [1.54, 1.807) is 0 Å². The molecular formula is C11H14N2O. The van der Waals surface area contributed by atoms with Crippen molar-refractivity contribution in [2.45, 2.75) is 26.5 Å². The topological polar surface area (TPSA) is 33.6 Å². The molecule has 14 heavy (non-hydrogen) atoms. The third-order valence-electron chi connectivity index (χ3n) is 2.10. The number of benzene rings is 1. The van der Waals surface area contributed by atoms with E-state index < -0.39 is 5.72 Å². The molecule has 74 valence electrons. The van der Waals surface area contributed by atoms with Crippen molar-refractivity contribution in [1.82, 2.24) is 5.48 Å². The quantitative estimate of drug-likeness (QED) is 0.735. The van der Waals surface area contributed by atoms with E-state index in [1.165, 1.54) is 5.56 Å². The average Bonchev–Trinajstić information content (AvgIpc) is 2.47. The monoisotopic (exact) mass is 190 g/mol. The van der Waals surface area contributed by atoms with Crippen LogP contribution in [0.1, 0.15) is 25.0 Å². The summed E-state index contributed by atoms with van der Waals surface area (Å²) >= 11 is 0. The number of hydrogen-bond donors (Lipinski definition) is 1. The summed E-state index contributed by atoms with van der Waals surface area (Å²) in [6.45, 7) is 5.90. The Bertz CT molecular complexity index is 365. The molecule has 0 fully saturated rings. The first-order valence-corrected chi connectivity index (χ1v) is 4.68. The van der Waals surface area contributed by atoms with Gasteiger partial charge in [0.15, 0.2) is 11.6 Å². The van der Waals surface area contributed by atoms with Crippen LogP contribution < -0.4 is 5.48 Å². The Morgan fingerprint density at radius 3 is 2.36 bits per heavy atom. The predicted octanol–water partition coefficient (Wildman–Crippen LogP) is 2.01. The number of rotatable bonds is 1. The summed E-state index contributed by atoms with van der Waals surface area (Å²) in [5.41, 5.74) is 4.67. The Morgan fingerprint density at radius 2 is 1.86 bits per heavy atom. The molecule has 0 saturated carbocycles. The van der Waals surface area contributed by atoms with E-state index in [-0.39, 0.29) is 0 Å².